The molecule has 24 heavy (non-hydrogen) atoms. The number of nitrogens with two attached hydrogens (primary N) is 1. The van der Waals surface area contributed by atoms with E-state index in [1.54, 1.807) is 6.08 Å². The molecule has 0 bridgehead atoms. The maximum Gasteiger partial charge on any atom is 0.295 e. The van der Waals surface area contributed by atoms with E-state index in [4.69, 9.17) is 5.73 Å². The van der Waals surface area contributed by atoms with Crippen molar-refractivity contribution in [3.8, 4) is 0 Å². The third kappa shape index (κ3) is 3.13. The van der Waals surface area contributed by atoms with Crippen molar-refractivity contribution in [2.45, 2.75) is 20.0 Å². The van der Waals surface area contributed by atoms with Gasteiger partial charge in [-0.15, -0.1) is 0 Å². The lowest BCUT2D eigenvalue weighted by molar-refractivity contribution is -0.124. The zero-order chi connectivity index (χ0) is 17.3. The van der Waals surface area contributed by atoms with Gasteiger partial charge < -0.3 is 5.73 Å². The van der Waals surface area contributed by atoms with Crippen LogP contribution in [0.25, 0.3) is 6.08 Å². The number of aryl methyl sites for hydroxylation is 2. The van der Waals surface area contributed by atoms with E-state index in [1.165, 1.54) is 0 Å². The summed E-state index contributed by atoms with van der Waals surface area (Å²) in [5, 5.41) is -0.339. The Bertz CT molecular complexity index is 828. The Morgan fingerprint density at radius 1 is 1.04 bits per heavy atom. The van der Waals surface area contributed by atoms with Gasteiger partial charge in [-0.1, -0.05) is 54.1 Å². The van der Waals surface area contributed by atoms with Crippen molar-refractivity contribution in [1.82, 2.24) is 4.90 Å². The summed E-state index contributed by atoms with van der Waals surface area (Å²) >= 11 is 0.928. The zero-order valence-electron chi connectivity index (χ0n) is 13.5. The lowest BCUT2D eigenvalue weighted by Gasteiger charge is -2.22. The predicted molar refractivity (Wildman–Crippen MR) is 97.1 cm³/mol. The number of imide groups is 1. The first-order valence-electron chi connectivity index (χ1n) is 7.62. The van der Waals surface area contributed by atoms with Crippen LogP contribution in [0.2, 0.25) is 0 Å². The Morgan fingerprint density at radius 3 is 2.38 bits per heavy atom. The molecule has 3 rings (SSSR count). The minimum atomic E-state index is -0.775. The monoisotopic (exact) mass is 338 g/mol. The van der Waals surface area contributed by atoms with E-state index in [2.05, 4.69) is 0 Å². The average Bonchev–Trinajstić information content (AvgIpc) is 2.83. The predicted octanol–water partition coefficient (Wildman–Crippen LogP) is 4.00. The van der Waals surface area contributed by atoms with Crippen LogP contribution in [0.5, 0.6) is 0 Å². The number of rotatable bonds is 3. The van der Waals surface area contributed by atoms with Crippen LogP contribution in [0.15, 0.2) is 53.4 Å². The maximum absolute atomic E-state index is 12.6. The minimum absolute atomic E-state index is 0.339. The number of hydrogen-bond donors (Lipinski definition) is 1. The average molecular weight is 338 g/mol. The van der Waals surface area contributed by atoms with Gasteiger partial charge in [-0.3, -0.25) is 9.59 Å². The first-order chi connectivity index (χ1) is 11.5. The number of nitrogens with zero attached hydrogens (tertiary/aromatic N) is 1. The standard InChI is InChI=1S/C19H18N2O2S/c1-12-7-9-14(10-8-12)11-16-18(22)21(19(23)24-16)17(20)15-6-4-3-5-13(15)2/h3-11,17H,20H2,1-2H3/b16-11-. The highest BCUT2D eigenvalue weighted by Crippen LogP contribution is 2.36. The summed E-state index contributed by atoms with van der Waals surface area (Å²) in [6.07, 6.45) is 0.956. The van der Waals surface area contributed by atoms with Crippen molar-refractivity contribution in [2.75, 3.05) is 0 Å². The van der Waals surface area contributed by atoms with Crippen molar-refractivity contribution in [1.29, 1.82) is 0 Å². The van der Waals surface area contributed by atoms with Crippen LogP contribution < -0.4 is 5.73 Å². The molecule has 1 fully saturated rings. The number of benzene rings is 2. The van der Waals surface area contributed by atoms with Crippen molar-refractivity contribution < 1.29 is 9.59 Å². The summed E-state index contributed by atoms with van der Waals surface area (Å²) in [7, 11) is 0. The fourth-order valence-electron chi connectivity index (χ4n) is 2.59. The van der Waals surface area contributed by atoms with Gasteiger partial charge in [-0.05, 0) is 48.4 Å². The van der Waals surface area contributed by atoms with Gasteiger partial charge in [0.1, 0.15) is 6.17 Å². The number of amides is 2. The van der Waals surface area contributed by atoms with Crippen LogP contribution in [0, 0.1) is 13.8 Å². The molecule has 2 aromatic rings. The molecule has 0 aromatic heterocycles. The van der Waals surface area contributed by atoms with Crippen molar-refractivity contribution >= 4 is 29.0 Å². The molecule has 0 aliphatic carbocycles. The topological polar surface area (TPSA) is 63.4 Å². The van der Waals surface area contributed by atoms with E-state index in [0.29, 0.717) is 4.91 Å². The van der Waals surface area contributed by atoms with Gasteiger partial charge in [-0.2, -0.15) is 0 Å². The van der Waals surface area contributed by atoms with Gasteiger partial charge in [0.05, 0.1) is 4.91 Å². The first-order valence-corrected chi connectivity index (χ1v) is 8.44. The highest BCUT2D eigenvalue weighted by atomic mass is 32.2. The lowest BCUT2D eigenvalue weighted by atomic mass is 10.1. The van der Waals surface area contributed by atoms with E-state index < -0.39 is 6.17 Å². The van der Waals surface area contributed by atoms with E-state index in [0.717, 1.165) is 38.9 Å². The van der Waals surface area contributed by atoms with E-state index in [-0.39, 0.29) is 11.1 Å². The van der Waals surface area contributed by atoms with Crippen molar-refractivity contribution in [3.05, 3.63) is 75.7 Å². The van der Waals surface area contributed by atoms with Crippen LogP contribution in [-0.4, -0.2) is 16.0 Å². The third-order valence-electron chi connectivity index (χ3n) is 3.98. The zero-order valence-corrected chi connectivity index (χ0v) is 14.3. The minimum Gasteiger partial charge on any atom is -0.307 e. The number of carbonyl (C=O) groups excluding carboxylic acids is 2. The molecule has 0 spiro atoms. The highest BCUT2D eigenvalue weighted by molar-refractivity contribution is 8.18. The Morgan fingerprint density at radius 2 is 1.71 bits per heavy atom. The summed E-state index contributed by atoms with van der Waals surface area (Å²) in [6, 6.07) is 15.3. The molecular formula is C19H18N2O2S. The van der Waals surface area contributed by atoms with Crippen LogP contribution >= 0.6 is 11.8 Å². The van der Waals surface area contributed by atoms with Gasteiger partial charge in [0, 0.05) is 0 Å². The molecule has 1 saturated heterocycles. The van der Waals surface area contributed by atoms with Crippen LogP contribution in [0.3, 0.4) is 0 Å². The van der Waals surface area contributed by atoms with E-state index in [9.17, 15) is 9.59 Å². The second-order valence-electron chi connectivity index (χ2n) is 5.76. The lowest BCUT2D eigenvalue weighted by Crippen LogP contribution is -2.38. The Hall–Kier alpha value is -2.37. The van der Waals surface area contributed by atoms with Gasteiger partial charge in [0.25, 0.3) is 11.1 Å². The number of thioether (sulfide) groups is 1. The maximum atomic E-state index is 12.6. The Kier molecular flexibility index (Phi) is 4.55. The van der Waals surface area contributed by atoms with Crippen LogP contribution in [0.1, 0.15) is 28.4 Å². The molecule has 0 saturated carbocycles. The summed E-state index contributed by atoms with van der Waals surface area (Å²) in [5.41, 5.74) is 9.95. The molecule has 1 aliphatic rings. The molecular weight excluding hydrogens is 320 g/mol. The Labute approximate surface area is 145 Å². The molecule has 122 valence electrons. The molecule has 5 heteroatoms. The summed E-state index contributed by atoms with van der Waals surface area (Å²) in [5.74, 6) is -0.346. The quantitative estimate of drug-likeness (QED) is 0.859. The third-order valence-corrected chi connectivity index (χ3v) is 4.87. The SMILES string of the molecule is Cc1ccc(/C=C2\SC(=O)N(C(N)c3ccccc3C)C2=O)cc1. The van der Waals surface area contributed by atoms with Crippen LogP contribution in [0.4, 0.5) is 4.79 Å². The summed E-state index contributed by atoms with van der Waals surface area (Å²) in [4.78, 5) is 26.5. The highest BCUT2D eigenvalue weighted by Gasteiger charge is 2.39. The van der Waals surface area contributed by atoms with Gasteiger partial charge in [0.15, 0.2) is 0 Å². The Balaban J connectivity index is 1.89. The molecule has 1 aliphatic heterocycles. The van der Waals surface area contributed by atoms with Gasteiger partial charge in [0.2, 0.25) is 0 Å². The second kappa shape index (κ2) is 6.63. The summed E-state index contributed by atoms with van der Waals surface area (Å²) < 4.78 is 0. The fourth-order valence-corrected chi connectivity index (χ4v) is 3.46. The van der Waals surface area contributed by atoms with Crippen molar-refractivity contribution in [3.63, 3.8) is 0 Å². The smallest absolute Gasteiger partial charge is 0.295 e. The molecule has 2 amide bonds. The largest absolute Gasteiger partial charge is 0.307 e. The molecule has 1 atom stereocenters. The molecule has 1 unspecified atom stereocenters. The number of hydrogen-bond acceptors (Lipinski definition) is 4. The molecule has 4 nitrogen and oxygen atoms in total. The number of carbonyl (C=O) groups is 2. The molecule has 2 aromatic carbocycles. The molecule has 1 heterocycles. The fraction of sp³-hybridized carbons (Fsp3) is 0.158. The summed E-state index contributed by atoms with van der Waals surface area (Å²) in [6.45, 7) is 3.91. The van der Waals surface area contributed by atoms with E-state index in [1.807, 2.05) is 62.4 Å². The van der Waals surface area contributed by atoms with Crippen molar-refractivity contribution in [2.24, 2.45) is 5.73 Å². The van der Waals surface area contributed by atoms with Gasteiger partial charge >= 0.3 is 0 Å². The molecule has 0 radical (unpaired) electrons. The van der Waals surface area contributed by atoms with E-state index >= 15 is 0 Å². The van der Waals surface area contributed by atoms with Gasteiger partial charge in [-0.25, -0.2) is 4.90 Å². The van der Waals surface area contributed by atoms with Crippen LogP contribution in [-0.2, 0) is 4.79 Å². The first kappa shape index (κ1) is 16.5. The molecule has 2 N–H and O–H groups in total. The second-order valence-corrected chi connectivity index (χ2v) is 6.76. The normalized spacial score (nSPS) is 17.6.